The van der Waals surface area contributed by atoms with E-state index >= 15 is 0 Å². The number of hydrogen-bond acceptors (Lipinski definition) is 1. The monoisotopic (exact) mass is 235 g/mol. The summed E-state index contributed by atoms with van der Waals surface area (Å²) in [6.07, 6.45) is 0. The van der Waals surface area contributed by atoms with Gasteiger partial charge in [0.2, 0.25) is 0 Å². The molecule has 0 heterocycles. The van der Waals surface area contributed by atoms with Crippen LogP contribution in [0.15, 0.2) is 6.07 Å². The zero-order chi connectivity index (χ0) is 12.7. The molecule has 0 spiro atoms. The molecule has 1 nitrogen and oxygen atoms in total. The van der Waals surface area contributed by atoms with Crippen LogP contribution in [-0.4, -0.2) is 13.9 Å². The van der Waals surface area contributed by atoms with E-state index in [1.54, 1.807) is 0 Å². The maximum atomic E-state index is 10.0. The van der Waals surface area contributed by atoms with E-state index in [1.807, 2.05) is 13.8 Å². The van der Waals surface area contributed by atoms with Gasteiger partial charge >= 0.3 is 0 Å². The summed E-state index contributed by atoms with van der Waals surface area (Å²) in [6, 6.07) is 2.16. The Balaban J connectivity index is 3.61. The standard InChI is InChI=1S/C14H23OSi/c1-9-8-11(14(3,4)5)13(16(6)7)10(2)12(9)15/h8,15H,1-7H3. The van der Waals surface area contributed by atoms with Crippen LogP contribution in [0.3, 0.4) is 0 Å². The molecule has 16 heavy (non-hydrogen) atoms. The topological polar surface area (TPSA) is 20.2 Å². The van der Waals surface area contributed by atoms with Gasteiger partial charge in [0.25, 0.3) is 0 Å². The first-order valence-corrected chi connectivity index (χ1v) is 8.30. The molecule has 1 radical (unpaired) electrons. The Bertz CT molecular complexity index is 400. The Kier molecular flexibility index (Phi) is 3.53. The molecule has 1 aromatic rings. The third-order valence-corrected chi connectivity index (χ3v) is 4.69. The zero-order valence-corrected chi connectivity index (χ0v) is 12.5. The summed E-state index contributed by atoms with van der Waals surface area (Å²) >= 11 is 0. The summed E-state index contributed by atoms with van der Waals surface area (Å²) in [7, 11) is -0.553. The van der Waals surface area contributed by atoms with Crippen LogP contribution in [0.1, 0.15) is 37.5 Å². The van der Waals surface area contributed by atoms with Gasteiger partial charge in [0.15, 0.2) is 0 Å². The van der Waals surface area contributed by atoms with Crippen molar-refractivity contribution >= 4 is 14.0 Å². The number of hydrogen-bond donors (Lipinski definition) is 1. The van der Waals surface area contributed by atoms with E-state index in [1.165, 1.54) is 10.8 Å². The highest BCUT2D eigenvalue weighted by molar-refractivity contribution is 6.71. The number of phenols is 1. The second-order valence-electron chi connectivity index (χ2n) is 5.84. The van der Waals surface area contributed by atoms with Gasteiger partial charge in [0.05, 0.1) is 8.80 Å². The lowest BCUT2D eigenvalue weighted by molar-refractivity contribution is 0.466. The van der Waals surface area contributed by atoms with Crippen LogP contribution < -0.4 is 5.19 Å². The molecule has 0 atom stereocenters. The maximum absolute atomic E-state index is 10.0. The quantitative estimate of drug-likeness (QED) is 0.741. The summed E-state index contributed by atoms with van der Waals surface area (Å²) in [5, 5.41) is 11.4. The van der Waals surface area contributed by atoms with E-state index in [4.69, 9.17) is 0 Å². The first-order chi connectivity index (χ1) is 7.16. The minimum atomic E-state index is -0.553. The third kappa shape index (κ3) is 2.32. The zero-order valence-electron chi connectivity index (χ0n) is 11.5. The maximum Gasteiger partial charge on any atom is 0.121 e. The first kappa shape index (κ1) is 13.3. The summed E-state index contributed by atoms with van der Waals surface area (Å²) in [5.74, 6) is 0.481. The van der Waals surface area contributed by atoms with Crippen LogP contribution in [0.4, 0.5) is 0 Å². The fourth-order valence-electron chi connectivity index (χ4n) is 2.21. The normalized spacial score (nSPS) is 12.2. The van der Waals surface area contributed by atoms with E-state index < -0.39 is 8.80 Å². The van der Waals surface area contributed by atoms with Crippen molar-refractivity contribution in [3.63, 3.8) is 0 Å². The fraction of sp³-hybridized carbons (Fsp3) is 0.571. The minimum Gasteiger partial charge on any atom is -0.507 e. The second-order valence-corrected chi connectivity index (χ2v) is 8.34. The number of aromatic hydroxyl groups is 1. The van der Waals surface area contributed by atoms with E-state index in [2.05, 4.69) is 39.9 Å². The molecule has 0 amide bonds. The van der Waals surface area contributed by atoms with Crippen molar-refractivity contribution < 1.29 is 5.11 Å². The molecular weight excluding hydrogens is 212 g/mol. The third-order valence-electron chi connectivity index (χ3n) is 3.04. The van der Waals surface area contributed by atoms with Gasteiger partial charge in [-0.2, -0.15) is 0 Å². The van der Waals surface area contributed by atoms with Crippen LogP contribution in [0, 0.1) is 13.8 Å². The van der Waals surface area contributed by atoms with E-state index in [9.17, 15) is 5.11 Å². The summed E-state index contributed by atoms with van der Waals surface area (Å²) in [4.78, 5) is 0. The van der Waals surface area contributed by atoms with Crippen molar-refractivity contribution in [2.45, 2.75) is 53.1 Å². The molecule has 2 heteroatoms. The molecule has 89 valence electrons. The van der Waals surface area contributed by atoms with Gasteiger partial charge in [-0.1, -0.05) is 45.1 Å². The summed E-state index contributed by atoms with van der Waals surface area (Å²) in [5.41, 5.74) is 3.64. The molecule has 1 N–H and O–H groups in total. The predicted octanol–water partition coefficient (Wildman–Crippen LogP) is 3.27. The highest BCUT2D eigenvalue weighted by Gasteiger charge is 2.23. The van der Waals surface area contributed by atoms with Gasteiger partial charge < -0.3 is 5.11 Å². The largest absolute Gasteiger partial charge is 0.507 e. The van der Waals surface area contributed by atoms with Gasteiger partial charge in [-0.05, 0) is 36.0 Å². The molecular formula is C14H23OSi. The Hall–Kier alpha value is -0.763. The summed E-state index contributed by atoms with van der Waals surface area (Å²) in [6.45, 7) is 15.3. The van der Waals surface area contributed by atoms with Gasteiger partial charge in [0.1, 0.15) is 5.75 Å². The fourth-order valence-corrected chi connectivity index (χ4v) is 4.06. The highest BCUT2D eigenvalue weighted by atomic mass is 28.3. The van der Waals surface area contributed by atoms with Crippen LogP contribution in [0.5, 0.6) is 5.75 Å². The second kappa shape index (κ2) is 4.25. The van der Waals surface area contributed by atoms with Crippen LogP contribution in [-0.2, 0) is 5.41 Å². The molecule has 0 saturated heterocycles. The van der Waals surface area contributed by atoms with Crippen LogP contribution >= 0.6 is 0 Å². The molecule has 0 aliphatic rings. The Morgan fingerprint density at radius 2 is 1.62 bits per heavy atom. The molecule has 0 unspecified atom stereocenters. The van der Waals surface area contributed by atoms with Crippen molar-refractivity contribution in [2.24, 2.45) is 0 Å². The predicted molar refractivity (Wildman–Crippen MR) is 73.4 cm³/mol. The lowest BCUT2D eigenvalue weighted by Crippen LogP contribution is -2.35. The van der Waals surface area contributed by atoms with Crippen molar-refractivity contribution in [1.82, 2.24) is 0 Å². The molecule has 0 aliphatic carbocycles. The van der Waals surface area contributed by atoms with Crippen molar-refractivity contribution in [2.75, 3.05) is 0 Å². The number of rotatable bonds is 1. The average Bonchev–Trinajstić information content (AvgIpc) is 2.11. The van der Waals surface area contributed by atoms with E-state index in [0.29, 0.717) is 5.75 Å². The molecule has 0 aromatic heterocycles. The van der Waals surface area contributed by atoms with Gasteiger partial charge in [-0.25, -0.2) is 0 Å². The Morgan fingerprint density at radius 1 is 1.12 bits per heavy atom. The smallest absolute Gasteiger partial charge is 0.121 e. The summed E-state index contributed by atoms with van der Waals surface area (Å²) < 4.78 is 0. The molecule has 0 saturated carbocycles. The first-order valence-electron chi connectivity index (χ1n) is 5.80. The van der Waals surface area contributed by atoms with Gasteiger partial charge in [0, 0.05) is 0 Å². The average molecular weight is 235 g/mol. The van der Waals surface area contributed by atoms with Gasteiger partial charge in [-0.15, -0.1) is 0 Å². The number of aryl methyl sites for hydroxylation is 1. The Labute approximate surface area is 101 Å². The van der Waals surface area contributed by atoms with Crippen LogP contribution in [0.25, 0.3) is 0 Å². The van der Waals surface area contributed by atoms with Crippen molar-refractivity contribution in [3.8, 4) is 5.75 Å². The minimum absolute atomic E-state index is 0.153. The highest BCUT2D eigenvalue weighted by Crippen LogP contribution is 2.29. The molecule has 0 aliphatic heterocycles. The molecule has 1 rings (SSSR count). The van der Waals surface area contributed by atoms with Crippen LogP contribution in [0.2, 0.25) is 13.1 Å². The number of benzene rings is 1. The SMILES string of the molecule is Cc1cc(C(C)(C)C)c([Si](C)C)c(C)c1O. The number of phenolic OH excluding ortho intramolecular Hbond substituents is 1. The van der Waals surface area contributed by atoms with Crippen molar-refractivity contribution in [1.29, 1.82) is 0 Å². The lowest BCUT2D eigenvalue weighted by atomic mass is 9.85. The molecule has 1 aromatic carbocycles. The van der Waals surface area contributed by atoms with Crippen molar-refractivity contribution in [3.05, 3.63) is 22.8 Å². The van der Waals surface area contributed by atoms with E-state index in [-0.39, 0.29) is 5.41 Å². The lowest BCUT2D eigenvalue weighted by Gasteiger charge is -2.27. The van der Waals surface area contributed by atoms with E-state index in [0.717, 1.165) is 11.1 Å². The molecule has 0 bridgehead atoms. The molecule has 0 fully saturated rings. The Morgan fingerprint density at radius 3 is 2.00 bits per heavy atom. The van der Waals surface area contributed by atoms with Gasteiger partial charge in [-0.3, -0.25) is 0 Å².